The number of ether oxygens (including phenoxy) is 1. The first-order valence-electron chi connectivity index (χ1n) is 12.4. The van der Waals surface area contributed by atoms with Crippen LogP contribution < -0.4 is 14.6 Å². The monoisotopic (exact) mass is 585 g/mol. The number of hydrazone groups is 1. The number of halogens is 1. The second-order valence-corrected chi connectivity index (χ2v) is 11.4. The fraction of sp³-hybridized carbons (Fsp3) is 0.259. The number of nitrogens with one attached hydrogen (secondary N) is 1. The Morgan fingerprint density at radius 3 is 2.52 bits per heavy atom. The van der Waals surface area contributed by atoms with Gasteiger partial charge in [-0.1, -0.05) is 35.4 Å². The zero-order chi connectivity index (χ0) is 28.9. The van der Waals surface area contributed by atoms with Crippen LogP contribution >= 0.6 is 11.6 Å². The van der Waals surface area contributed by atoms with E-state index < -0.39 is 27.4 Å². The zero-order valence-electron chi connectivity index (χ0n) is 21.9. The molecule has 1 heterocycles. The number of sulfonamides is 1. The predicted octanol–water partition coefficient (Wildman–Crippen LogP) is 4.05. The number of hydrogen-bond acceptors (Lipinski definition) is 8. The molecule has 0 aliphatic carbocycles. The first-order chi connectivity index (χ1) is 19.1. The Morgan fingerprint density at radius 1 is 1.15 bits per heavy atom. The summed E-state index contributed by atoms with van der Waals surface area (Å²) in [5, 5.41) is 15.7. The molecular formula is C27H28ClN5O6S. The third kappa shape index (κ3) is 6.58. The van der Waals surface area contributed by atoms with Gasteiger partial charge in [-0.15, -0.1) is 0 Å². The van der Waals surface area contributed by atoms with E-state index in [-0.39, 0.29) is 16.3 Å². The van der Waals surface area contributed by atoms with Crippen LogP contribution in [0, 0.1) is 24.0 Å². The van der Waals surface area contributed by atoms with Crippen LogP contribution in [0.25, 0.3) is 0 Å². The van der Waals surface area contributed by atoms with E-state index in [9.17, 15) is 23.3 Å². The highest BCUT2D eigenvalue weighted by Crippen LogP contribution is 2.31. The number of nitro benzene ring substituents is 1. The molecule has 40 heavy (non-hydrogen) atoms. The largest absolute Gasteiger partial charge is 0.378 e. The number of aryl methyl sites for hydroxylation is 1. The van der Waals surface area contributed by atoms with Gasteiger partial charge in [0.25, 0.3) is 21.6 Å². The van der Waals surface area contributed by atoms with Gasteiger partial charge >= 0.3 is 0 Å². The number of anilines is 2. The maximum Gasteiger partial charge on any atom is 0.270 e. The van der Waals surface area contributed by atoms with Crippen molar-refractivity contribution in [3.63, 3.8) is 0 Å². The van der Waals surface area contributed by atoms with Crippen molar-refractivity contribution in [2.45, 2.75) is 18.7 Å². The van der Waals surface area contributed by atoms with Crippen molar-refractivity contribution in [3.05, 3.63) is 92.5 Å². The van der Waals surface area contributed by atoms with Gasteiger partial charge < -0.3 is 9.64 Å². The molecule has 4 rings (SSSR count). The number of amides is 1. The fourth-order valence-corrected chi connectivity index (χ4v) is 5.84. The van der Waals surface area contributed by atoms with Crippen LogP contribution in [0.3, 0.4) is 0 Å². The number of nitrogens with zero attached hydrogens (tertiary/aromatic N) is 4. The standard InChI is InChI=1S/C27H28ClN5O6S/c1-19-6-9-23(10-7-19)40(37,38)32(25-5-3-4-24(28)20(25)2)18-27(34)30-29-17-21-16-22(33(35)36)8-11-26(21)31-12-14-39-15-13-31/h3-11,16-17H,12-15,18H2,1-2H3,(H,30,34)/b29-17-. The molecule has 1 saturated heterocycles. The van der Waals surface area contributed by atoms with E-state index in [1.165, 1.54) is 30.5 Å². The zero-order valence-corrected chi connectivity index (χ0v) is 23.5. The van der Waals surface area contributed by atoms with E-state index in [1.54, 1.807) is 43.3 Å². The average molecular weight is 586 g/mol. The first-order valence-corrected chi connectivity index (χ1v) is 14.2. The Morgan fingerprint density at radius 2 is 1.85 bits per heavy atom. The van der Waals surface area contributed by atoms with Crippen LogP contribution in [0.2, 0.25) is 5.02 Å². The lowest BCUT2D eigenvalue weighted by Gasteiger charge is -2.29. The highest BCUT2D eigenvalue weighted by molar-refractivity contribution is 7.92. The van der Waals surface area contributed by atoms with E-state index in [0.29, 0.717) is 48.1 Å². The molecule has 0 aromatic heterocycles. The van der Waals surface area contributed by atoms with Gasteiger partial charge in [0.1, 0.15) is 6.54 Å². The van der Waals surface area contributed by atoms with Gasteiger partial charge in [-0.3, -0.25) is 19.2 Å². The van der Waals surface area contributed by atoms with Crippen molar-refractivity contribution in [1.82, 2.24) is 5.43 Å². The lowest BCUT2D eigenvalue weighted by Crippen LogP contribution is -2.40. The molecule has 13 heteroatoms. The predicted molar refractivity (Wildman–Crippen MR) is 154 cm³/mol. The third-order valence-corrected chi connectivity index (χ3v) is 8.55. The van der Waals surface area contributed by atoms with E-state index in [0.717, 1.165) is 9.87 Å². The second kappa shape index (κ2) is 12.5. The molecule has 0 bridgehead atoms. The fourth-order valence-electron chi connectivity index (χ4n) is 4.19. The van der Waals surface area contributed by atoms with Crippen molar-refractivity contribution >= 4 is 50.8 Å². The summed E-state index contributed by atoms with van der Waals surface area (Å²) < 4.78 is 33.7. The van der Waals surface area contributed by atoms with Crippen LogP contribution in [0.15, 0.2) is 70.7 Å². The van der Waals surface area contributed by atoms with Crippen molar-refractivity contribution < 1.29 is 22.9 Å². The molecule has 3 aromatic carbocycles. The summed E-state index contributed by atoms with van der Waals surface area (Å²) in [5.74, 6) is -0.718. The number of hydrogen-bond donors (Lipinski definition) is 1. The van der Waals surface area contributed by atoms with Crippen LogP contribution in [0.5, 0.6) is 0 Å². The SMILES string of the molecule is Cc1ccc(S(=O)(=O)N(CC(=O)N/N=C\c2cc([N+](=O)[O-])ccc2N2CCOCC2)c2cccc(Cl)c2C)cc1. The number of carbonyl (C=O) groups is 1. The van der Waals surface area contributed by atoms with Crippen molar-refractivity contribution in [3.8, 4) is 0 Å². The van der Waals surface area contributed by atoms with Crippen molar-refractivity contribution in [1.29, 1.82) is 0 Å². The minimum atomic E-state index is -4.15. The number of rotatable bonds is 9. The highest BCUT2D eigenvalue weighted by Gasteiger charge is 2.29. The van der Waals surface area contributed by atoms with Crippen LogP contribution in [0.1, 0.15) is 16.7 Å². The molecule has 1 amide bonds. The summed E-state index contributed by atoms with van der Waals surface area (Å²) >= 11 is 6.27. The van der Waals surface area contributed by atoms with Gasteiger partial charge in [-0.05, 0) is 49.7 Å². The molecule has 0 radical (unpaired) electrons. The Labute approximate surface area is 237 Å². The van der Waals surface area contributed by atoms with Gasteiger partial charge in [-0.25, -0.2) is 13.8 Å². The Hall–Kier alpha value is -4.00. The molecule has 1 aliphatic heterocycles. The number of benzene rings is 3. The maximum absolute atomic E-state index is 13.6. The van der Waals surface area contributed by atoms with Crippen LogP contribution in [-0.2, 0) is 19.6 Å². The summed E-state index contributed by atoms with van der Waals surface area (Å²) in [6, 6.07) is 15.5. The quantitative estimate of drug-likeness (QED) is 0.227. The minimum Gasteiger partial charge on any atom is -0.378 e. The lowest BCUT2D eigenvalue weighted by molar-refractivity contribution is -0.384. The molecule has 1 aliphatic rings. The molecule has 0 unspecified atom stereocenters. The molecule has 0 spiro atoms. The first kappa shape index (κ1) is 29.0. The second-order valence-electron chi connectivity index (χ2n) is 9.10. The van der Waals surface area contributed by atoms with Crippen molar-refractivity contribution in [2.24, 2.45) is 5.10 Å². The van der Waals surface area contributed by atoms with Crippen LogP contribution in [-0.4, -0.2) is 58.3 Å². The molecule has 11 nitrogen and oxygen atoms in total. The summed E-state index contributed by atoms with van der Waals surface area (Å²) in [4.78, 5) is 25.9. The minimum absolute atomic E-state index is 0.0144. The number of carbonyl (C=O) groups excluding carboxylic acids is 1. The Kier molecular flexibility index (Phi) is 9.03. The summed E-state index contributed by atoms with van der Waals surface area (Å²) in [5.41, 5.74) is 4.97. The van der Waals surface area contributed by atoms with E-state index in [2.05, 4.69) is 10.5 Å². The van der Waals surface area contributed by atoms with Gasteiger partial charge in [0.05, 0.1) is 34.9 Å². The van der Waals surface area contributed by atoms with Crippen LogP contribution in [0.4, 0.5) is 17.1 Å². The van der Waals surface area contributed by atoms with E-state index >= 15 is 0 Å². The highest BCUT2D eigenvalue weighted by atomic mass is 35.5. The normalized spacial score (nSPS) is 13.8. The van der Waals surface area contributed by atoms with Gasteiger partial charge in [0.15, 0.2) is 0 Å². The molecule has 0 atom stereocenters. The third-order valence-electron chi connectivity index (χ3n) is 6.37. The van der Waals surface area contributed by atoms with Gasteiger partial charge in [0, 0.05) is 41.5 Å². The van der Waals surface area contributed by atoms with Gasteiger partial charge in [0.2, 0.25) is 0 Å². The van der Waals surface area contributed by atoms with Crippen molar-refractivity contribution in [2.75, 3.05) is 42.1 Å². The summed E-state index contributed by atoms with van der Waals surface area (Å²) in [6.45, 7) is 5.14. The maximum atomic E-state index is 13.6. The lowest BCUT2D eigenvalue weighted by atomic mass is 10.1. The number of non-ortho nitro benzene ring substituents is 1. The average Bonchev–Trinajstić information content (AvgIpc) is 2.94. The smallest absolute Gasteiger partial charge is 0.270 e. The Bertz CT molecular complexity index is 1540. The Balaban J connectivity index is 1.60. The number of nitro groups is 1. The van der Waals surface area contributed by atoms with E-state index in [4.69, 9.17) is 16.3 Å². The molecule has 3 aromatic rings. The molecular weight excluding hydrogens is 558 g/mol. The van der Waals surface area contributed by atoms with Gasteiger partial charge in [-0.2, -0.15) is 5.10 Å². The number of morpholine rings is 1. The molecule has 1 N–H and O–H groups in total. The van der Waals surface area contributed by atoms with E-state index in [1.807, 2.05) is 11.8 Å². The molecule has 1 fully saturated rings. The summed E-state index contributed by atoms with van der Waals surface area (Å²) in [6.07, 6.45) is 1.30. The topological polar surface area (TPSA) is 134 Å². The summed E-state index contributed by atoms with van der Waals surface area (Å²) in [7, 11) is -4.15. The molecule has 0 saturated carbocycles. The molecule has 210 valence electrons.